The first-order valence-corrected chi connectivity index (χ1v) is 6.33. The second-order valence-electron chi connectivity index (χ2n) is 4.63. The minimum Gasteiger partial charge on any atom is -0.491 e. The van der Waals surface area contributed by atoms with E-state index in [0.29, 0.717) is 24.7 Å². The fourth-order valence-corrected chi connectivity index (χ4v) is 1.43. The number of hydrogen-bond donors (Lipinski definition) is 2. The molecule has 5 nitrogen and oxygen atoms in total. The van der Waals surface area contributed by atoms with E-state index in [1.165, 1.54) is 0 Å². The number of methoxy groups -OCH3 is 1. The monoisotopic (exact) mass is 266 g/mol. The minimum atomic E-state index is -0.516. The van der Waals surface area contributed by atoms with Crippen LogP contribution in [-0.2, 0) is 9.53 Å². The van der Waals surface area contributed by atoms with Crippen LogP contribution in [0.1, 0.15) is 13.8 Å². The first-order valence-electron chi connectivity index (χ1n) is 6.33. The van der Waals surface area contributed by atoms with Gasteiger partial charge in [0.15, 0.2) is 0 Å². The molecule has 1 aromatic carbocycles. The smallest absolute Gasteiger partial charge is 0.241 e. The summed E-state index contributed by atoms with van der Waals surface area (Å²) in [6.45, 7) is 4.82. The molecule has 0 aliphatic carbocycles. The quantitative estimate of drug-likeness (QED) is 0.736. The van der Waals surface area contributed by atoms with Crippen molar-refractivity contribution in [3.8, 4) is 5.75 Å². The van der Waals surface area contributed by atoms with E-state index in [0.717, 1.165) is 0 Å². The molecule has 0 spiro atoms. The third-order valence-electron chi connectivity index (χ3n) is 2.68. The van der Waals surface area contributed by atoms with Gasteiger partial charge in [0.1, 0.15) is 12.4 Å². The molecule has 3 N–H and O–H groups in total. The second kappa shape index (κ2) is 7.76. The fraction of sp³-hybridized carbons (Fsp3) is 0.500. The average molecular weight is 266 g/mol. The zero-order valence-corrected chi connectivity index (χ0v) is 11.7. The van der Waals surface area contributed by atoms with Crippen molar-refractivity contribution < 1.29 is 14.3 Å². The fourth-order valence-electron chi connectivity index (χ4n) is 1.43. The molecule has 0 saturated heterocycles. The predicted molar refractivity (Wildman–Crippen MR) is 75.3 cm³/mol. The number of nitrogens with one attached hydrogen (secondary N) is 1. The van der Waals surface area contributed by atoms with Crippen LogP contribution in [0.15, 0.2) is 24.3 Å². The summed E-state index contributed by atoms with van der Waals surface area (Å²) in [6.07, 6.45) is 0. The van der Waals surface area contributed by atoms with Gasteiger partial charge in [-0.05, 0) is 18.1 Å². The summed E-state index contributed by atoms with van der Waals surface area (Å²) in [5.41, 5.74) is 6.46. The van der Waals surface area contributed by atoms with E-state index in [9.17, 15) is 4.79 Å². The highest BCUT2D eigenvalue weighted by molar-refractivity contribution is 5.94. The number of carbonyl (C=O) groups excluding carboxylic acids is 1. The summed E-state index contributed by atoms with van der Waals surface area (Å²) in [4.78, 5) is 11.8. The molecular weight excluding hydrogens is 244 g/mol. The summed E-state index contributed by atoms with van der Waals surface area (Å²) in [5.74, 6) is 0.596. The zero-order valence-electron chi connectivity index (χ0n) is 11.7. The number of benzene rings is 1. The van der Waals surface area contributed by atoms with Crippen molar-refractivity contribution in [3.63, 3.8) is 0 Å². The van der Waals surface area contributed by atoms with E-state index in [4.69, 9.17) is 15.2 Å². The molecule has 0 heterocycles. The molecule has 0 bridgehead atoms. The average Bonchev–Trinajstić information content (AvgIpc) is 2.38. The molecule has 1 amide bonds. The van der Waals surface area contributed by atoms with Gasteiger partial charge in [-0.15, -0.1) is 0 Å². The number of ether oxygens (including phenoxy) is 2. The number of hydrogen-bond acceptors (Lipinski definition) is 4. The Morgan fingerprint density at radius 1 is 1.37 bits per heavy atom. The molecule has 0 unspecified atom stereocenters. The maximum absolute atomic E-state index is 11.8. The van der Waals surface area contributed by atoms with Gasteiger partial charge >= 0.3 is 0 Å². The van der Waals surface area contributed by atoms with E-state index in [1.807, 2.05) is 26.0 Å². The van der Waals surface area contributed by atoms with Gasteiger partial charge in [-0.3, -0.25) is 4.79 Å². The third kappa shape index (κ3) is 5.28. The van der Waals surface area contributed by atoms with Gasteiger partial charge in [0.2, 0.25) is 5.91 Å². The standard InChI is InChI=1S/C14H22N2O3/c1-10(2)13(15)14(17)16-11-5-4-6-12(9-11)19-8-7-18-3/h4-6,9-10,13H,7-8,15H2,1-3H3,(H,16,17)/t13-/m1/s1. The zero-order chi connectivity index (χ0) is 14.3. The van der Waals surface area contributed by atoms with Gasteiger partial charge in [-0.2, -0.15) is 0 Å². The van der Waals surface area contributed by atoms with Crippen molar-refractivity contribution in [2.24, 2.45) is 11.7 Å². The maximum atomic E-state index is 11.8. The molecule has 0 fully saturated rings. The second-order valence-corrected chi connectivity index (χ2v) is 4.63. The number of nitrogens with two attached hydrogens (primary N) is 1. The normalized spacial score (nSPS) is 12.3. The number of amides is 1. The van der Waals surface area contributed by atoms with E-state index < -0.39 is 6.04 Å². The van der Waals surface area contributed by atoms with Crippen LogP contribution in [0.3, 0.4) is 0 Å². The van der Waals surface area contributed by atoms with Crippen LogP contribution < -0.4 is 15.8 Å². The van der Waals surface area contributed by atoms with E-state index in [1.54, 1.807) is 19.2 Å². The number of anilines is 1. The highest BCUT2D eigenvalue weighted by Crippen LogP contribution is 2.17. The minimum absolute atomic E-state index is 0.0983. The highest BCUT2D eigenvalue weighted by atomic mass is 16.5. The lowest BCUT2D eigenvalue weighted by Gasteiger charge is -2.15. The molecule has 0 saturated carbocycles. The van der Waals surface area contributed by atoms with Gasteiger partial charge < -0.3 is 20.5 Å². The Kier molecular flexibility index (Phi) is 6.32. The van der Waals surface area contributed by atoms with E-state index in [-0.39, 0.29) is 11.8 Å². The third-order valence-corrected chi connectivity index (χ3v) is 2.68. The van der Waals surface area contributed by atoms with Gasteiger partial charge in [0.05, 0.1) is 12.6 Å². The Hall–Kier alpha value is -1.59. The summed E-state index contributed by atoms with van der Waals surface area (Å²) in [5, 5.41) is 2.78. The molecule has 1 aromatic rings. The van der Waals surface area contributed by atoms with Crippen LogP contribution in [0.5, 0.6) is 5.75 Å². The molecule has 1 rings (SSSR count). The molecule has 106 valence electrons. The molecule has 19 heavy (non-hydrogen) atoms. The SMILES string of the molecule is COCCOc1cccc(NC(=O)[C@H](N)C(C)C)c1. The van der Waals surface area contributed by atoms with Crippen LogP contribution in [0, 0.1) is 5.92 Å². The lowest BCUT2D eigenvalue weighted by atomic mass is 10.0. The number of carbonyl (C=O) groups is 1. The van der Waals surface area contributed by atoms with Crippen molar-refractivity contribution >= 4 is 11.6 Å². The lowest BCUT2D eigenvalue weighted by molar-refractivity contribution is -0.118. The van der Waals surface area contributed by atoms with Gasteiger partial charge in [-0.1, -0.05) is 19.9 Å². The molecule has 0 radical (unpaired) electrons. The largest absolute Gasteiger partial charge is 0.491 e. The van der Waals surface area contributed by atoms with Crippen molar-refractivity contribution in [1.82, 2.24) is 0 Å². The van der Waals surface area contributed by atoms with Crippen LogP contribution in [0.2, 0.25) is 0 Å². The van der Waals surface area contributed by atoms with Crippen LogP contribution >= 0.6 is 0 Å². The van der Waals surface area contributed by atoms with Gasteiger partial charge in [-0.25, -0.2) is 0 Å². The Morgan fingerprint density at radius 2 is 2.11 bits per heavy atom. The Bertz CT molecular complexity index is 407. The molecule has 5 heteroatoms. The topological polar surface area (TPSA) is 73.6 Å². The first-order chi connectivity index (χ1) is 9.04. The first kappa shape index (κ1) is 15.5. The molecular formula is C14H22N2O3. The summed E-state index contributed by atoms with van der Waals surface area (Å²) < 4.78 is 10.4. The van der Waals surface area contributed by atoms with Crippen LogP contribution in [-0.4, -0.2) is 32.3 Å². The van der Waals surface area contributed by atoms with Crippen molar-refractivity contribution in [2.45, 2.75) is 19.9 Å². The summed E-state index contributed by atoms with van der Waals surface area (Å²) >= 11 is 0. The summed E-state index contributed by atoms with van der Waals surface area (Å²) in [6, 6.07) is 6.69. The Morgan fingerprint density at radius 3 is 2.74 bits per heavy atom. The number of rotatable bonds is 7. The molecule has 0 aliphatic heterocycles. The van der Waals surface area contributed by atoms with Crippen molar-refractivity contribution in [1.29, 1.82) is 0 Å². The van der Waals surface area contributed by atoms with Crippen molar-refractivity contribution in [2.75, 3.05) is 25.6 Å². The Balaban J connectivity index is 2.59. The van der Waals surface area contributed by atoms with Crippen LogP contribution in [0.4, 0.5) is 5.69 Å². The Labute approximate surface area is 114 Å². The molecule has 1 atom stereocenters. The lowest BCUT2D eigenvalue weighted by Crippen LogP contribution is -2.39. The summed E-state index contributed by atoms with van der Waals surface area (Å²) in [7, 11) is 1.62. The van der Waals surface area contributed by atoms with Gasteiger partial charge in [0, 0.05) is 18.9 Å². The van der Waals surface area contributed by atoms with Crippen molar-refractivity contribution in [3.05, 3.63) is 24.3 Å². The predicted octanol–water partition coefficient (Wildman–Crippen LogP) is 1.63. The maximum Gasteiger partial charge on any atom is 0.241 e. The van der Waals surface area contributed by atoms with E-state index in [2.05, 4.69) is 5.32 Å². The van der Waals surface area contributed by atoms with Crippen LogP contribution in [0.25, 0.3) is 0 Å². The molecule has 0 aliphatic rings. The van der Waals surface area contributed by atoms with E-state index >= 15 is 0 Å². The van der Waals surface area contributed by atoms with Gasteiger partial charge in [0.25, 0.3) is 0 Å². The molecule has 0 aromatic heterocycles. The highest BCUT2D eigenvalue weighted by Gasteiger charge is 2.17.